The molecule has 1 aromatic heterocycles. The van der Waals surface area contributed by atoms with E-state index in [9.17, 15) is 4.79 Å². The van der Waals surface area contributed by atoms with Gasteiger partial charge in [-0.25, -0.2) is 4.98 Å². The van der Waals surface area contributed by atoms with Crippen LogP contribution in [0.1, 0.15) is 57.4 Å². The normalized spacial score (nSPS) is 22.7. The first-order chi connectivity index (χ1) is 8.27. The third-order valence-electron chi connectivity index (χ3n) is 3.56. The number of carbonyl (C=O) groups is 1. The lowest BCUT2D eigenvalue weighted by Gasteiger charge is -2.45. The summed E-state index contributed by atoms with van der Waals surface area (Å²) in [6, 6.07) is 0.262. The van der Waals surface area contributed by atoms with E-state index in [2.05, 4.69) is 38.0 Å². The van der Waals surface area contributed by atoms with Crippen LogP contribution in [0.15, 0.2) is 10.9 Å². The molecule has 0 unspecified atom stereocenters. The maximum atomic E-state index is 12.0. The molecule has 0 bridgehead atoms. The molecule has 3 nitrogen and oxygen atoms in total. The average Bonchev–Trinajstić information content (AvgIpc) is 2.63. The van der Waals surface area contributed by atoms with Gasteiger partial charge in [0.15, 0.2) is 0 Å². The zero-order chi connectivity index (χ0) is 13.4. The van der Waals surface area contributed by atoms with E-state index < -0.39 is 0 Å². The molecule has 0 spiro atoms. The highest BCUT2D eigenvalue weighted by Gasteiger charge is 2.38. The molecule has 1 aliphatic carbocycles. The van der Waals surface area contributed by atoms with Crippen LogP contribution in [0.3, 0.4) is 0 Å². The average molecular weight is 266 g/mol. The molecule has 1 fully saturated rings. The summed E-state index contributed by atoms with van der Waals surface area (Å²) in [6.07, 6.45) is 3.31. The van der Waals surface area contributed by atoms with Crippen molar-refractivity contribution in [3.63, 3.8) is 0 Å². The second kappa shape index (κ2) is 4.65. The van der Waals surface area contributed by atoms with Crippen molar-refractivity contribution in [2.24, 2.45) is 10.8 Å². The number of nitrogens with one attached hydrogen (secondary N) is 1. The van der Waals surface area contributed by atoms with Gasteiger partial charge in [-0.05, 0) is 30.1 Å². The van der Waals surface area contributed by atoms with Crippen LogP contribution >= 0.6 is 11.3 Å². The van der Waals surface area contributed by atoms with Crippen molar-refractivity contribution < 1.29 is 4.79 Å². The van der Waals surface area contributed by atoms with E-state index in [1.165, 1.54) is 17.8 Å². The molecule has 18 heavy (non-hydrogen) atoms. The number of rotatable bonds is 2. The fourth-order valence-corrected chi connectivity index (χ4v) is 4.06. The third kappa shape index (κ3) is 3.31. The summed E-state index contributed by atoms with van der Waals surface area (Å²) < 4.78 is 0. The molecule has 1 aromatic rings. The van der Waals surface area contributed by atoms with Gasteiger partial charge >= 0.3 is 0 Å². The highest BCUT2D eigenvalue weighted by molar-refractivity contribution is 7.07. The first-order valence-electron chi connectivity index (χ1n) is 6.47. The van der Waals surface area contributed by atoms with Crippen molar-refractivity contribution >= 4 is 17.2 Å². The van der Waals surface area contributed by atoms with E-state index in [0.29, 0.717) is 16.5 Å². The van der Waals surface area contributed by atoms with Crippen LogP contribution in [-0.4, -0.2) is 16.9 Å². The van der Waals surface area contributed by atoms with E-state index >= 15 is 0 Å². The molecule has 1 N–H and O–H groups in total. The van der Waals surface area contributed by atoms with Gasteiger partial charge in [0, 0.05) is 11.4 Å². The van der Waals surface area contributed by atoms with Crippen molar-refractivity contribution in [1.29, 1.82) is 0 Å². The second-order valence-corrected chi connectivity index (χ2v) is 7.68. The van der Waals surface area contributed by atoms with Crippen LogP contribution in [0, 0.1) is 10.8 Å². The molecule has 1 aliphatic rings. The highest BCUT2D eigenvalue weighted by atomic mass is 32.1. The molecule has 1 heterocycles. The minimum Gasteiger partial charge on any atom is -0.348 e. The monoisotopic (exact) mass is 266 g/mol. The Labute approximate surface area is 113 Å². The molecule has 0 aliphatic heterocycles. The SMILES string of the molecule is CC1(C)CC(NC(=O)c2cscn2)CC(C)(C)C1. The van der Waals surface area contributed by atoms with Gasteiger partial charge in [-0.2, -0.15) is 0 Å². The Morgan fingerprint density at radius 1 is 1.33 bits per heavy atom. The van der Waals surface area contributed by atoms with Gasteiger partial charge in [0.05, 0.1) is 5.51 Å². The molecule has 1 amide bonds. The molecular weight excluding hydrogens is 244 g/mol. The first kappa shape index (κ1) is 13.5. The molecule has 0 aromatic carbocycles. The maximum Gasteiger partial charge on any atom is 0.270 e. The lowest BCUT2D eigenvalue weighted by Crippen LogP contribution is -2.46. The number of hydrogen-bond donors (Lipinski definition) is 1. The van der Waals surface area contributed by atoms with Gasteiger partial charge in [-0.3, -0.25) is 4.79 Å². The minimum atomic E-state index is -0.0326. The topological polar surface area (TPSA) is 42.0 Å². The van der Waals surface area contributed by atoms with Crippen molar-refractivity contribution in [3.05, 3.63) is 16.6 Å². The smallest absolute Gasteiger partial charge is 0.270 e. The second-order valence-electron chi connectivity index (χ2n) is 6.96. The third-order valence-corrected chi connectivity index (χ3v) is 4.14. The van der Waals surface area contributed by atoms with Crippen LogP contribution in [0.4, 0.5) is 0 Å². The standard InChI is InChI=1S/C14H22N2OS/c1-13(2)5-10(6-14(3,4)8-13)16-12(17)11-7-18-9-15-11/h7,9-10H,5-6,8H2,1-4H3,(H,16,17). The molecular formula is C14H22N2OS. The minimum absolute atomic E-state index is 0.0326. The number of nitrogens with zero attached hydrogens (tertiary/aromatic N) is 1. The zero-order valence-electron chi connectivity index (χ0n) is 11.6. The lowest BCUT2D eigenvalue weighted by molar-refractivity contribution is 0.0711. The van der Waals surface area contributed by atoms with Gasteiger partial charge < -0.3 is 5.32 Å². The van der Waals surface area contributed by atoms with Crippen molar-refractivity contribution in [1.82, 2.24) is 10.3 Å². The van der Waals surface area contributed by atoms with Gasteiger partial charge in [0.1, 0.15) is 5.69 Å². The van der Waals surface area contributed by atoms with Crippen LogP contribution in [0.25, 0.3) is 0 Å². The van der Waals surface area contributed by atoms with Crippen molar-refractivity contribution in [2.75, 3.05) is 0 Å². The van der Waals surface area contributed by atoms with Gasteiger partial charge in [0.2, 0.25) is 0 Å². The molecule has 2 rings (SSSR count). The summed E-state index contributed by atoms with van der Waals surface area (Å²) in [5.41, 5.74) is 2.83. The number of carbonyl (C=O) groups excluding carboxylic acids is 1. The molecule has 0 saturated heterocycles. The zero-order valence-corrected chi connectivity index (χ0v) is 12.4. The van der Waals surface area contributed by atoms with E-state index in [0.717, 1.165) is 12.8 Å². The number of amides is 1. The summed E-state index contributed by atoms with van der Waals surface area (Å²) in [7, 11) is 0. The number of hydrogen-bond acceptors (Lipinski definition) is 3. The molecule has 1 saturated carbocycles. The Kier molecular flexibility index (Phi) is 3.49. The molecule has 0 radical (unpaired) electrons. The number of thiazole rings is 1. The Hall–Kier alpha value is -0.900. The Morgan fingerprint density at radius 3 is 2.44 bits per heavy atom. The fraction of sp³-hybridized carbons (Fsp3) is 0.714. The molecule has 100 valence electrons. The Balaban J connectivity index is 2.03. The van der Waals surface area contributed by atoms with Gasteiger partial charge in [-0.15, -0.1) is 11.3 Å². The summed E-state index contributed by atoms with van der Waals surface area (Å²) in [4.78, 5) is 16.1. The van der Waals surface area contributed by atoms with Crippen LogP contribution in [-0.2, 0) is 0 Å². The largest absolute Gasteiger partial charge is 0.348 e. The summed E-state index contributed by atoms with van der Waals surface area (Å²) in [5.74, 6) is -0.0326. The van der Waals surface area contributed by atoms with E-state index in [1.54, 1.807) is 10.9 Å². The summed E-state index contributed by atoms with van der Waals surface area (Å²) in [5, 5.41) is 4.94. The predicted molar refractivity (Wildman–Crippen MR) is 74.8 cm³/mol. The Bertz CT molecular complexity index is 407. The first-order valence-corrected chi connectivity index (χ1v) is 7.41. The fourth-order valence-electron chi connectivity index (χ4n) is 3.53. The van der Waals surface area contributed by atoms with Gasteiger partial charge in [0.25, 0.3) is 5.91 Å². The quantitative estimate of drug-likeness (QED) is 0.890. The van der Waals surface area contributed by atoms with Crippen molar-refractivity contribution in [3.8, 4) is 0 Å². The predicted octanol–water partition coefficient (Wildman–Crippen LogP) is 3.48. The van der Waals surface area contributed by atoms with Crippen LogP contribution in [0.2, 0.25) is 0 Å². The molecule has 4 heteroatoms. The van der Waals surface area contributed by atoms with E-state index in [4.69, 9.17) is 0 Å². The van der Waals surface area contributed by atoms with Crippen LogP contribution < -0.4 is 5.32 Å². The molecule has 0 atom stereocenters. The van der Waals surface area contributed by atoms with Gasteiger partial charge in [-0.1, -0.05) is 27.7 Å². The Morgan fingerprint density at radius 2 is 1.94 bits per heavy atom. The van der Waals surface area contributed by atoms with Crippen molar-refractivity contribution in [2.45, 2.75) is 53.0 Å². The maximum absolute atomic E-state index is 12.0. The summed E-state index contributed by atoms with van der Waals surface area (Å²) in [6.45, 7) is 9.15. The number of aromatic nitrogens is 1. The summed E-state index contributed by atoms with van der Waals surface area (Å²) >= 11 is 1.46. The van der Waals surface area contributed by atoms with E-state index in [-0.39, 0.29) is 11.9 Å². The lowest BCUT2D eigenvalue weighted by atomic mass is 9.63. The van der Waals surface area contributed by atoms with Crippen LogP contribution in [0.5, 0.6) is 0 Å². The highest BCUT2D eigenvalue weighted by Crippen LogP contribution is 2.45. The van der Waals surface area contributed by atoms with E-state index in [1.807, 2.05) is 0 Å².